The lowest BCUT2D eigenvalue weighted by molar-refractivity contribution is 0.0819. The highest BCUT2D eigenvalue weighted by Crippen LogP contribution is 2.21. The largest absolute Gasteiger partial charge is 0.285 e. The Morgan fingerprint density at radius 1 is 0.583 bits per heavy atom. The average Bonchev–Trinajstić information content (AvgIpc) is 2.66. The quantitative estimate of drug-likeness (QED) is 0.426. The van der Waals surface area contributed by atoms with Crippen LogP contribution >= 0.6 is 0 Å². The topological polar surface area (TPSA) is 59.9 Å². The molecule has 0 aliphatic heterocycles. The van der Waals surface area contributed by atoms with Crippen LogP contribution in [0, 0.1) is 0 Å². The number of hydrogen-bond acceptors (Lipinski definition) is 4. The Kier molecular flexibility index (Phi) is 3.35. The number of hydrogen-bond donors (Lipinski definition) is 0. The van der Waals surface area contributed by atoms with Crippen LogP contribution in [0.15, 0.2) is 73.1 Å². The van der Waals surface area contributed by atoms with Gasteiger partial charge in [-0.05, 0) is 24.3 Å². The first-order chi connectivity index (χ1) is 11.8. The van der Waals surface area contributed by atoms with Gasteiger partial charge in [-0.25, -0.2) is 0 Å². The molecule has 0 radical (unpaired) electrons. The molecule has 4 aromatic rings. The summed E-state index contributed by atoms with van der Waals surface area (Å²) in [6.45, 7) is 0. The summed E-state index contributed by atoms with van der Waals surface area (Å²) >= 11 is 0. The van der Waals surface area contributed by atoms with Gasteiger partial charge in [0.15, 0.2) is 0 Å². The molecule has 0 aliphatic rings. The minimum absolute atomic E-state index is 0.367. The number of benzene rings is 2. The molecule has 0 N–H and O–H groups in total. The van der Waals surface area contributed by atoms with Gasteiger partial charge in [0.1, 0.15) is 0 Å². The number of ketones is 2. The lowest BCUT2D eigenvalue weighted by atomic mass is 9.97. The molecular formula is C20H12N2O2. The number of nitrogens with zero attached hydrogens (tertiary/aromatic N) is 2. The number of para-hydroxylation sites is 2. The maximum absolute atomic E-state index is 12.8. The third-order valence-electron chi connectivity index (χ3n) is 3.99. The summed E-state index contributed by atoms with van der Waals surface area (Å²) in [6.07, 6.45) is 3.10. The second-order valence-corrected chi connectivity index (χ2v) is 5.41. The van der Waals surface area contributed by atoms with Crippen molar-refractivity contribution in [1.29, 1.82) is 0 Å². The number of aromatic nitrogens is 2. The van der Waals surface area contributed by atoms with E-state index < -0.39 is 11.6 Å². The third kappa shape index (κ3) is 2.25. The van der Waals surface area contributed by atoms with Crippen LogP contribution in [0.1, 0.15) is 20.7 Å². The predicted octanol–water partition coefficient (Wildman–Crippen LogP) is 3.85. The molecule has 0 unspecified atom stereocenters. The summed E-state index contributed by atoms with van der Waals surface area (Å²) in [6, 6.07) is 17.8. The van der Waals surface area contributed by atoms with E-state index in [-0.39, 0.29) is 0 Å². The SMILES string of the molecule is O=C(C(=O)c1ccnc2ccccc12)c1ccnc2ccccc12. The van der Waals surface area contributed by atoms with Crippen LogP contribution in [0.3, 0.4) is 0 Å². The van der Waals surface area contributed by atoms with E-state index in [0.717, 1.165) is 0 Å². The van der Waals surface area contributed by atoms with Crippen molar-refractivity contribution >= 4 is 33.4 Å². The molecular weight excluding hydrogens is 300 g/mol. The highest BCUT2D eigenvalue weighted by molar-refractivity contribution is 6.52. The van der Waals surface area contributed by atoms with Gasteiger partial charge >= 0.3 is 0 Å². The number of carbonyl (C=O) groups is 2. The van der Waals surface area contributed by atoms with Gasteiger partial charge in [-0.15, -0.1) is 0 Å². The molecule has 24 heavy (non-hydrogen) atoms. The van der Waals surface area contributed by atoms with Gasteiger partial charge < -0.3 is 0 Å². The minimum Gasteiger partial charge on any atom is -0.285 e. The molecule has 4 rings (SSSR count). The Balaban J connectivity index is 1.85. The van der Waals surface area contributed by atoms with Gasteiger partial charge in [0.05, 0.1) is 11.0 Å². The number of carbonyl (C=O) groups excluding carboxylic acids is 2. The van der Waals surface area contributed by atoms with Crippen LogP contribution in [-0.2, 0) is 0 Å². The van der Waals surface area contributed by atoms with Crippen molar-refractivity contribution in [3.05, 3.63) is 84.2 Å². The Morgan fingerprint density at radius 3 is 1.46 bits per heavy atom. The van der Waals surface area contributed by atoms with E-state index in [2.05, 4.69) is 9.97 Å². The Hall–Kier alpha value is -3.40. The highest BCUT2D eigenvalue weighted by atomic mass is 16.2. The lowest BCUT2D eigenvalue weighted by Gasteiger charge is -2.06. The summed E-state index contributed by atoms with van der Waals surface area (Å²) in [4.78, 5) is 34.1. The maximum atomic E-state index is 12.8. The molecule has 0 bridgehead atoms. The molecule has 2 aromatic carbocycles. The zero-order valence-electron chi connectivity index (χ0n) is 12.6. The van der Waals surface area contributed by atoms with E-state index in [1.54, 1.807) is 36.7 Å². The fraction of sp³-hybridized carbons (Fsp3) is 0. The van der Waals surface area contributed by atoms with E-state index in [4.69, 9.17) is 0 Å². The van der Waals surface area contributed by atoms with Crippen LogP contribution in [0.4, 0.5) is 0 Å². The van der Waals surface area contributed by atoms with Crippen LogP contribution in [0.25, 0.3) is 21.8 Å². The van der Waals surface area contributed by atoms with E-state index in [0.29, 0.717) is 32.9 Å². The van der Waals surface area contributed by atoms with Crippen molar-refractivity contribution in [3.8, 4) is 0 Å². The van der Waals surface area contributed by atoms with Gasteiger partial charge in [-0.1, -0.05) is 36.4 Å². The standard InChI is InChI=1S/C20H12N2O2/c23-19(15-9-11-21-17-7-3-1-5-13(15)17)20(24)16-10-12-22-18-8-4-2-6-14(16)18/h1-12H. The zero-order chi connectivity index (χ0) is 16.5. The lowest BCUT2D eigenvalue weighted by Crippen LogP contribution is -2.15. The molecule has 2 aromatic heterocycles. The Labute approximate surface area is 137 Å². The Bertz CT molecular complexity index is 1000. The van der Waals surface area contributed by atoms with Gasteiger partial charge in [0.2, 0.25) is 11.6 Å². The number of fused-ring (bicyclic) bond motifs is 2. The fourth-order valence-corrected chi connectivity index (χ4v) is 2.83. The number of Topliss-reactive ketones (excluding diaryl/α,β-unsaturated/α-hetero) is 2. The van der Waals surface area contributed by atoms with Gasteiger partial charge in [-0.3, -0.25) is 19.6 Å². The van der Waals surface area contributed by atoms with E-state index in [1.807, 2.05) is 36.4 Å². The van der Waals surface area contributed by atoms with Gasteiger partial charge in [0.25, 0.3) is 0 Å². The van der Waals surface area contributed by atoms with Crippen LogP contribution in [0.5, 0.6) is 0 Å². The van der Waals surface area contributed by atoms with Gasteiger partial charge in [-0.2, -0.15) is 0 Å². The average molecular weight is 312 g/mol. The summed E-state index contributed by atoms with van der Waals surface area (Å²) in [5.41, 5.74) is 2.12. The fourth-order valence-electron chi connectivity index (χ4n) is 2.83. The van der Waals surface area contributed by atoms with E-state index in [9.17, 15) is 9.59 Å². The minimum atomic E-state index is -0.537. The van der Waals surface area contributed by atoms with Crippen LogP contribution in [-0.4, -0.2) is 21.5 Å². The summed E-state index contributed by atoms with van der Waals surface area (Å²) in [5, 5.41) is 1.36. The molecule has 0 saturated heterocycles. The number of pyridine rings is 2. The molecule has 4 heteroatoms. The number of rotatable bonds is 3. The van der Waals surface area contributed by atoms with Gasteiger partial charge in [0, 0.05) is 34.3 Å². The molecule has 0 atom stereocenters. The van der Waals surface area contributed by atoms with Crippen molar-refractivity contribution < 1.29 is 9.59 Å². The highest BCUT2D eigenvalue weighted by Gasteiger charge is 2.22. The van der Waals surface area contributed by atoms with Crippen LogP contribution in [0.2, 0.25) is 0 Å². The first-order valence-corrected chi connectivity index (χ1v) is 7.52. The zero-order valence-corrected chi connectivity index (χ0v) is 12.6. The summed E-state index contributed by atoms with van der Waals surface area (Å²) in [5.74, 6) is -1.07. The monoisotopic (exact) mass is 312 g/mol. The summed E-state index contributed by atoms with van der Waals surface area (Å²) in [7, 11) is 0. The third-order valence-corrected chi connectivity index (χ3v) is 3.99. The second kappa shape index (κ2) is 5.66. The molecule has 114 valence electrons. The smallest absolute Gasteiger partial charge is 0.234 e. The molecule has 2 heterocycles. The molecule has 0 amide bonds. The summed E-state index contributed by atoms with van der Waals surface area (Å²) < 4.78 is 0. The molecule has 0 fully saturated rings. The van der Waals surface area contributed by atoms with E-state index >= 15 is 0 Å². The molecule has 0 spiro atoms. The first kappa shape index (κ1) is 14.2. The second-order valence-electron chi connectivity index (χ2n) is 5.41. The first-order valence-electron chi connectivity index (χ1n) is 7.52. The van der Waals surface area contributed by atoms with Crippen molar-refractivity contribution in [2.75, 3.05) is 0 Å². The van der Waals surface area contributed by atoms with E-state index in [1.165, 1.54) is 0 Å². The normalized spacial score (nSPS) is 10.8. The van der Waals surface area contributed by atoms with Crippen molar-refractivity contribution in [2.24, 2.45) is 0 Å². The van der Waals surface area contributed by atoms with Crippen molar-refractivity contribution in [2.45, 2.75) is 0 Å². The Morgan fingerprint density at radius 2 is 1.00 bits per heavy atom. The molecule has 0 aliphatic carbocycles. The molecule has 4 nitrogen and oxygen atoms in total. The van der Waals surface area contributed by atoms with Crippen molar-refractivity contribution in [3.63, 3.8) is 0 Å². The maximum Gasteiger partial charge on any atom is 0.234 e. The molecule has 0 saturated carbocycles. The van der Waals surface area contributed by atoms with Crippen LogP contribution < -0.4 is 0 Å². The van der Waals surface area contributed by atoms with Crippen molar-refractivity contribution in [1.82, 2.24) is 9.97 Å². The predicted molar refractivity (Wildman–Crippen MR) is 92.1 cm³/mol.